The number of para-hydroxylation sites is 1. The van der Waals surface area contributed by atoms with Crippen LogP contribution in [0, 0.1) is 5.92 Å². The van der Waals surface area contributed by atoms with Gasteiger partial charge in [0.2, 0.25) is 0 Å². The second-order valence-electron chi connectivity index (χ2n) is 6.13. The van der Waals surface area contributed by atoms with E-state index >= 15 is 0 Å². The van der Waals surface area contributed by atoms with Crippen molar-refractivity contribution in [2.75, 3.05) is 45.2 Å². The molecule has 0 amide bonds. The Morgan fingerprint density at radius 1 is 1.23 bits per heavy atom. The second-order valence-corrected chi connectivity index (χ2v) is 6.13. The van der Waals surface area contributed by atoms with Crippen molar-refractivity contribution in [3.05, 3.63) is 30.3 Å². The van der Waals surface area contributed by atoms with Crippen LogP contribution in [-0.4, -0.2) is 56.7 Å². The molecular weight excluding hydrogens is 443 g/mol. The van der Waals surface area contributed by atoms with E-state index < -0.39 is 0 Å². The molecule has 0 radical (unpaired) electrons. The summed E-state index contributed by atoms with van der Waals surface area (Å²) in [6, 6.07) is 10.2. The van der Waals surface area contributed by atoms with Crippen molar-refractivity contribution >= 4 is 41.6 Å². The highest BCUT2D eigenvalue weighted by Gasteiger charge is 2.27. The maximum Gasteiger partial charge on any atom is 0.309 e. The molecule has 1 aliphatic rings. The molecule has 7 heteroatoms. The SMILES string of the molecule is CCOC(=O)C1CCN(C(=NC)NCCCNc2ccccc2)CC1.I. The first-order chi connectivity index (χ1) is 12.2. The molecule has 1 aliphatic heterocycles. The van der Waals surface area contributed by atoms with Crippen LogP contribution in [0.5, 0.6) is 0 Å². The molecule has 0 atom stereocenters. The van der Waals surface area contributed by atoms with E-state index in [0.29, 0.717) is 6.61 Å². The van der Waals surface area contributed by atoms with E-state index in [1.54, 1.807) is 0 Å². The molecule has 0 aliphatic carbocycles. The summed E-state index contributed by atoms with van der Waals surface area (Å²) in [6.07, 6.45) is 2.66. The van der Waals surface area contributed by atoms with Gasteiger partial charge in [0.25, 0.3) is 0 Å². The minimum atomic E-state index is -0.0583. The van der Waals surface area contributed by atoms with Crippen molar-refractivity contribution in [2.45, 2.75) is 26.2 Å². The Hall–Kier alpha value is -1.51. The van der Waals surface area contributed by atoms with Crippen molar-refractivity contribution in [1.29, 1.82) is 0 Å². The summed E-state index contributed by atoms with van der Waals surface area (Å²) in [5.41, 5.74) is 1.15. The number of halogens is 1. The van der Waals surface area contributed by atoms with Gasteiger partial charge >= 0.3 is 5.97 Å². The lowest BCUT2D eigenvalue weighted by atomic mass is 9.97. The van der Waals surface area contributed by atoms with Crippen LogP contribution >= 0.6 is 24.0 Å². The zero-order valence-corrected chi connectivity index (χ0v) is 18.1. The highest BCUT2D eigenvalue weighted by atomic mass is 127. The number of esters is 1. The average molecular weight is 474 g/mol. The molecule has 1 aromatic rings. The van der Waals surface area contributed by atoms with Gasteiger partial charge in [-0.15, -0.1) is 24.0 Å². The molecule has 0 bridgehead atoms. The lowest BCUT2D eigenvalue weighted by Gasteiger charge is -2.33. The predicted octanol–water partition coefficient (Wildman–Crippen LogP) is 2.96. The monoisotopic (exact) mass is 474 g/mol. The zero-order chi connectivity index (χ0) is 17.9. The molecule has 26 heavy (non-hydrogen) atoms. The quantitative estimate of drug-likeness (QED) is 0.209. The van der Waals surface area contributed by atoms with Gasteiger partial charge in [0, 0.05) is 38.9 Å². The lowest BCUT2D eigenvalue weighted by Crippen LogP contribution is -2.47. The number of benzene rings is 1. The normalized spacial score (nSPS) is 15.2. The topological polar surface area (TPSA) is 66.0 Å². The van der Waals surface area contributed by atoms with E-state index in [9.17, 15) is 4.79 Å². The number of rotatable bonds is 7. The molecule has 0 spiro atoms. The van der Waals surface area contributed by atoms with E-state index in [1.165, 1.54) is 0 Å². The molecule has 2 N–H and O–H groups in total. The smallest absolute Gasteiger partial charge is 0.309 e. The molecule has 0 aromatic heterocycles. The first-order valence-electron chi connectivity index (χ1n) is 9.15. The molecule has 6 nitrogen and oxygen atoms in total. The largest absolute Gasteiger partial charge is 0.466 e. The van der Waals surface area contributed by atoms with Gasteiger partial charge in [-0.2, -0.15) is 0 Å². The van der Waals surface area contributed by atoms with Gasteiger partial charge in [-0.05, 0) is 38.3 Å². The van der Waals surface area contributed by atoms with Gasteiger partial charge in [-0.25, -0.2) is 0 Å². The molecule has 1 heterocycles. The van der Waals surface area contributed by atoms with Gasteiger partial charge in [-0.1, -0.05) is 18.2 Å². The average Bonchev–Trinajstić information content (AvgIpc) is 2.66. The molecular formula is C19H31IN4O2. The van der Waals surface area contributed by atoms with E-state index in [-0.39, 0.29) is 35.9 Å². The minimum Gasteiger partial charge on any atom is -0.466 e. The fourth-order valence-electron chi connectivity index (χ4n) is 3.00. The lowest BCUT2D eigenvalue weighted by molar-refractivity contribution is -0.149. The number of hydrogen-bond acceptors (Lipinski definition) is 4. The fourth-order valence-corrected chi connectivity index (χ4v) is 3.00. The van der Waals surface area contributed by atoms with Crippen LogP contribution in [0.2, 0.25) is 0 Å². The Kier molecular flexibility index (Phi) is 11.1. The molecule has 1 fully saturated rings. The van der Waals surface area contributed by atoms with E-state index in [1.807, 2.05) is 32.2 Å². The molecule has 1 aromatic carbocycles. The number of anilines is 1. The number of aliphatic imine (C=N–C) groups is 1. The van der Waals surface area contributed by atoms with Crippen LogP contribution in [0.4, 0.5) is 5.69 Å². The number of likely N-dealkylation sites (tertiary alicyclic amines) is 1. The number of ether oxygens (including phenoxy) is 1. The standard InChI is InChI=1S/C19H30N4O2.HI/c1-3-25-18(24)16-10-14-23(15-11-16)19(20-2)22-13-7-12-21-17-8-5-4-6-9-17;/h4-6,8-9,16,21H,3,7,10-15H2,1-2H3,(H,20,22);1H. The molecule has 2 rings (SSSR count). The summed E-state index contributed by atoms with van der Waals surface area (Å²) in [4.78, 5) is 18.4. The first-order valence-corrected chi connectivity index (χ1v) is 9.15. The summed E-state index contributed by atoms with van der Waals surface area (Å²) in [5, 5.41) is 6.82. The summed E-state index contributed by atoms with van der Waals surface area (Å²) in [7, 11) is 1.81. The number of carbonyl (C=O) groups excluding carboxylic acids is 1. The summed E-state index contributed by atoms with van der Waals surface area (Å²) in [5.74, 6) is 0.892. The van der Waals surface area contributed by atoms with Crippen molar-refractivity contribution < 1.29 is 9.53 Å². The minimum absolute atomic E-state index is 0. The van der Waals surface area contributed by atoms with Crippen molar-refractivity contribution in [1.82, 2.24) is 10.2 Å². The molecule has 0 unspecified atom stereocenters. The third-order valence-corrected chi connectivity index (χ3v) is 4.37. The maximum absolute atomic E-state index is 11.8. The van der Waals surface area contributed by atoms with Gasteiger partial charge in [0.1, 0.15) is 0 Å². The Morgan fingerprint density at radius 2 is 1.92 bits per heavy atom. The number of guanidine groups is 1. The van der Waals surface area contributed by atoms with E-state index in [0.717, 1.165) is 57.1 Å². The second kappa shape index (κ2) is 12.8. The zero-order valence-electron chi connectivity index (χ0n) is 15.7. The van der Waals surface area contributed by atoms with Crippen LogP contribution in [0.25, 0.3) is 0 Å². The van der Waals surface area contributed by atoms with E-state index in [4.69, 9.17) is 4.74 Å². The Morgan fingerprint density at radius 3 is 2.54 bits per heavy atom. The first kappa shape index (κ1) is 22.5. The molecule has 146 valence electrons. The van der Waals surface area contributed by atoms with Gasteiger partial charge < -0.3 is 20.3 Å². The molecule has 0 saturated carbocycles. The number of piperidine rings is 1. The van der Waals surface area contributed by atoms with Crippen LogP contribution in [-0.2, 0) is 9.53 Å². The predicted molar refractivity (Wildman–Crippen MR) is 117 cm³/mol. The van der Waals surface area contributed by atoms with Gasteiger partial charge in [0.05, 0.1) is 12.5 Å². The maximum atomic E-state index is 11.8. The highest BCUT2D eigenvalue weighted by molar-refractivity contribution is 14.0. The van der Waals surface area contributed by atoms with Crippen LogP contribution in [0.3, 0.4) is 0 Å². The van der Waals surface area contributed by atoms with Crippen molar-refractivity contribution in [3.8, 4) is 0 Å². The highest BCUT2D eigenvalue weighted by Crippen LogP contribution is 2.18. The summed E-state index contributed by atoms with van der Waals surface area (Å²) < 4.78 is 5.12. The number of carbonyl (C=O) groups is 1. The molecule has 1 saturated heterocycles. The van der Waals surface area contributed by atoms with E-state index in [2.05, 4.69) is 32.7 Å². The summed E-state index contributed by atoms with van der Waals surface area (Å²) in [6.45, 7) is 5.77. The van der Waals surface area contributed by atoms with Crippen LogP contribution < -0.4 is 10.6 Å². The third kappa shape index (κ3) is 7.39. The third-order valence-electron chi connectivity index (χ3n) is 4.37. The number of hydrogen-bond donors (Lipinski definition) is 2. The van der Waals surface area contributed by atoms with Gasteiger partial charge in [0.15, 0.2) is 5.96 Å². The number of nitrogens with zero attached hydrogens (tertiary/aromatic N) is 2. The van der Waals surface area contributed by atoms with Crippen LogP contribution in [0.15, 0.2) is 35.3 Å². The fraction of sp³-hybridized carbons (Fsp3) is 0.579. The summed E-state index contributed by atoms with van der Waals surface area (Å²) >= 11 is 0. The van der Waals surface area contributed by atoms with Crippen molar-refractivity contribution in [3.63, 3.8) is 0 Å². The van der Waals surface area contributed by atoms with Crippen molar-refractivity contribution in [2.24, 2.45) is 10.9 Å². The van der Waals surface area contributed by atoms with Crippen LogP contribution in [0.1, 0.15) is 26.2 Å². The number of nitrogens with one attached hydrogen (secondary N) is 2. The Labute approximate surface area is 173 Å². The Balaban J connectivity index is 0.00000338. The Bertz CT molecular complexity index is 546. The van der Waals surface area contributed by atoms with Gasteiger partial charge in [-0.3, -0.25) is 9.79 Å².